The molecule has 6 heteroatoms. The summed E-state index contributed by atoms with van der Waals surface area (Å²) in [5.74, 6) is -0.534. The number of carbonyl (C=O) groups is 3. The summed E-state index contributed by atoms with van der Waals surface area (Å²) >= 11 is 0. The SMILES string of the molecule is Cc1cc(C)c(NC(=O)CN2C(=O)N[C@@]3(CCCC[C@H]3C)C2=O)c(C)c1. The van der Waals surface area contributed by atoms with Gasteiger partial charge in [-0.25, -0.2) is 4.79 Å². The van der Waals surface area contributed by atoms with E-state index in [2.05, 4.69) is 10.6 Å². The van der Waals surface area contributed by atoms with Crippen molar-refractivity contribution in [3.8, 4) is 0 Å². The van der Waals surface area contributed by atoms with Crippen LogP contribution in [0, 0.1) is 26.7 Å². The Labute approximate surface area is 154 Å². The molecule has 1 heterocycles. The van der Waals surface area contributed by atoms with Gasteiger partial charge in [0.25, 0.3) is 5.91 Å². The number of carbonyl (C=O) groups excluding carboxylic acids is 3. The minimum atomic E-state index is -0.828. The lowest BCUT2D eigenvalue weighted by Crippen LogP contribution is -2.54. The van der Waals surface area contributed by atoms with E-state index in [0.29, 0.717) is 6.42 Å². The van der Waals surface area contributed by atoms with E-state index in [0.717, 1.165) is 46.5 Å². The van der Waals surface area contributed by atoms with Crippen LogP contribution in [0.1, 0.15) is 49.3 Å². The van der Waals surface area contributed by atoms with Crippen molar-refractivity contribution in [3.63, 3.8) is 0 Å². The van der Waals surface area contributed by atoms with Crippen molar-refractivity contribution in [1.82, 2.24) is 10.2 Å². The summed E-state index contributed by atoms with van der Waals surface area (Å²) < 4.78 is 0. The summed E-state index contributed by atoms with van der Waals surface area (Å²) in [5, 5.41) is 5.74. The van der Waals surface area contributed by atoms with Crippen molar-refractivity contribution < 1.29 is 14.4 Å². The maximum Gasteiger partial charge on any atom is 0.325 e. The number of hydrogen-bond acceptors (Lipinski definition) is 3. The molecule has 4 amide bonds. The highest BCUT2D eigenvalue weighted by molar-refractivity contribution is 6.10. The van der Waals surface area contributed by atoms with E-state index in [9.17, 15) is 14.4 Å². The summed E-state index contributed by atoms with van der Waals surface area (Å²) in [6.45, 7) is 7.61. The molecule has 1 aromatic rings. The van der Waals surface area contributed by atoms with Gasteiger partial charge in [0.15, 0.2) is 0 Å². The van der Waals surface area contributed by atoms with Crippen molar-refractivity contribution in [2.45, 2.75) is 58.9 Å². The molecule has 1 aromatic carbocycles. The Bertz CT molecular complexity index is 751. The average Bonchev–Trinajstić information content (AvgIpc) is 2.79. The highest BCUT2D eigenvalue weighted by atomic mass is 16.2. The number of imide groups is 1. The van der Waals surface area contributed by atoms with E-state index >= 15 is 0 Å². The van der Waals surface area contributed by atoms with Crippen LogP contribution in [0.5, 0.6) is 0 Å². The van der Waals surface area contributed by atoms with Gasteiger partial charge in [-0.05, 0) is 50.7 Å². The Hall–Kier alpha value is -2.37. The third-order valence-electron chi connectivity index (χ3n) is 5.74. The molecule has 2 atom stereocenters. The van der Waals surface area contributed by atoms with E-state index in [-0.39, 0.29) is 24.3 Å². The molecular weight excluding hydrogens is 330 g/mol. The molecule has 26 heavy (non-hydrogen) atoms. The Morgan fingerprint density at radius 2 is 1.88 bits per heavy atom. The zero-order valence-electron chi connectivity index (χ0n) is 15.9. The van der Waals surface area contributed by atoms with E-state index < -0.39 is 11.6 Å². The molecule has 0 aromatic heterocycles. The highest BCUT2D eigenvalue weighted by Gasteiger charge is 2.55. The quantitative estimate of drug-likeness (QED) is 0.816. The lowest BCUT2D eigenvalue weighted by atomic mass is 9.73. The van der Waals surface area contributed by atoms with Crippen molar-refractivity contribution in [3.05, 3.63) is 28.8 Å². The van der Waals surface area contributed by atoms with Crippen LogP contribution in [0.2, 0.25) is 0 Å². The number of anilines is 1. The fourth-order valence-corrected chi connectivity index (χ4v) is 4.34. The van der Waals surface area contributed by atoms with Crippen molar-refractivity contribution >= 4 is 23.5 Å². The standard InChI is InChI=1S/C20H27N3O3/c1-12-9-13(2)17(14(3)10-12)21-16(24)11-23-18(25)20(22-19(23)26)8-6-5-7-15(20)4/h9-10,15H,5-8,11H2,1-4H3,(H,21,24)(H,22,26)/t15-,20-/m1/s1. The number of amides is 4. The molecule has 3 rings (SSSR count). The summed E-state index contributed by atoms with van der Waals surface area (Å²) in [4.78, 5) is 38.9. The predicted molar refractivity (Wildman–Crippen MR) is 99.9 cm³/mol. The van der Waals surface area contributed by atoms with Crippen LogP contribution < -0.4 is 10.6 Å². The number of hydrogen-bond donors (Lipinski definition) is 2. The Kier molecular flexibility index (Phi) is 4.78. The molecule has 140 valence electrons. The normalized spacial score (nSPS) is 25.5. The lowest BCUT2D eigenvalue weighted by molar-refractivity contribution is -0.136. The van der Waals surface area contributed by atoms with Gasteiger partial charge in [-0.1, -0.05) is 37.5 Å². The molecule has 2 N–H and O–H groups in total. The van der Waals surface area contributed by atoms with Crippen LogP contribution in [0.3, 0.4) is 0 Å². The smallest absolute Gasteiger partial charge is 0.324 e. The molecule has 1 aliphatic carbocycles. The molecule has 0 unspecified atom stereocenters. The molecule has 1 spiro atoms. The largest absolute Gasteiger partial charge is 0.325 e. The van der Waals surface area contributed by atoms with E-state index in [4.69, 9.17) is 0 Å². The van der Waals surface area contributed by atoms with Gasteiger partial charge in [0, 0.05) is 5.69 Å². The van der Waals surface area contributed by atoms with Gasteiger partial charge in [-0.2, -0.15) is 0 Å². The number of rotatable bonds is 3. The van der Waals surface area contributed by atoms with E-state index in [1.54, 1.807) is 0 Å². The van der Waals surface area contributed by atoms with Gasteiger partial charge in [-0.3, -0.25) is 14.5 Å². The topological polar surface area (TPSA) is 78.5 Å². The summed E-state index contributed by atoms with van der Waals surface area (Å²) in [6.07, 6.45) is 3.54. The van der Waals surface area contributed by atoms with Crippen LogP contribution in [0.4, 0.5) is 10.5 Å². The van der Waals surface area contributed by atoms with E-state index in [1.165, 1.54) is 0 Å². The van der Waals surface area contributed by atoms with Gasteiger partial charge in [0.1, 0.15) is 12.1 Å². The van der Waals surface area contributed by atoms with Crippen LogP contribution >= 0.6 is 0 Å². The summed E-state index contributed by atoms with van der Waals surface area (Å²) in [6, 6.07) is 3.53. The Morgan fingerprint density at radius 3 is 2.50 bits per heavy atom. The number of nitrogens with zero attached hydrogens (tertiary/aromatic N) is 1. The minimum Gasteiger partial charge on any atom is -0.324 e. The molecular formula is C20H27N3O3. The molecule has 1 saturated carbocycles. The highest BCUT2D eigenvalue weighted by Crippen LogP contribution is 2.38. The van der Waals surface area contributed by atoms with Crippen molar-refractivity contribution in [2.75, 3.05) is 11.9 Å². The second-order valence-corrected chi connectivity index (χ2v) is 7.76. The zero-order chi connectivity index (χ0) is 19.1. The third kappa shape index (κ3) is 3.08. The van der Waals surface area contributed by atoms with Crippen molar-refractivity contribution in [1.29, 1.82) is 0 Å². The number of benzene rings is 1. The number of nitrogens with one attached hydrogen (secondary N) is 2. The second-order valence-electron chi connectivity index (χ2n) is 7.76. The minimum absolute atomic E-state index is 0.0855. The van der Waals surface area contributed by atoms with Crippen LogP contribution in [0.25, 0.3) is 0 Å². The Balaban J connectivity index is 1.74. The van der Waals surface area contributed by atoms with Gasteiger partial charge in [0.2, 0.25) is 5.91 Å². The number of aryl methyl sites for hydroxylation is 3. The first kappa shape index (κ1) is 18.4. The second kappa shape index (κ2) is 6.74. The maximum absolute atomic E-state index is 12.9. The van der Waals surface area contributed by atoms with Gasteiger partial charge in [-0.15, -0.1) is 0 Å². The first-order valence-electron chi connectivity index (χ1n) is 9.26. The molecule has 0 bridgehead atoms. The van der Waals surface area contributed by atoms with E-state index in [1.807, 2.05) is 39.8 Å². The molecule has 0 radical (unpaired) electrons. The molecule has 2 aliphatic rings. The van der Waals surface area contributed by atoms with Gasteiger partial charge in [0.05, 0.1) is 0 Å². The first-order chi connectivity index (χ1) is 12.2. The monoisotopic (exact) mass is 357 g/mol. The molecule has 6 nitrogen and oxygen atoms in total. The summed E-state index contributed by atoms with van der Waals surface area (Å²) in [7, 11) is 0. The molecule has 1 aliphatic heterocycles. The Morgan fingerprint density at radius 1 is 1.23 bits per heavy atom. The average molecular weight is 357 g/mol. The van der Waals surface area contributed by atoms with Crippen LogP contribution in [-0.4, -0.2) is 34.8 Å². The molecule has 1 saturated heterocycles. The van der Waals surface area contributed by atoms with Crippen LogP contribution in [-0.2, 0) is 9.59 Å². The fraction of sp³-hybridized carbons (Fsp3) is 0.550. The first-order valence-corrected chi connectivity index (χ1v) is 9.26. The maximum atomic E-state index is 12.9. The van der Waals surface area contributed by atoms with Gasteiger partial charge < -0.3 is 10.6 Å². The van der Waals surface area contributed by atoms with Gasteiger partial charge >= 0.3 is 6.03 Å². The third-order valence-corrected chi connectivity index (χ3v) is 5.74. The number of urea groups is 1. The zero-order valence-corrected chi connectivity index (χ0v) is 15.9. The lowest BCUT2D eigenvalue weighted by Gasteiger charge is -2.36. The molecule has 2 fully saturated rings. The fourth-order valence-electron chi connectivity index (χ4n) is 4.34. The van der Waals surface area contributed by atoms with Crippen molar-refractivity contribution in [2.24, 2.45) is 5.92 Å². The summed E-state index contributed by atoms with van der Waals surface area (Å²) in [5.41, 5.74) is 2.97. The predicted octanol–water partition coefficient (Wildman–Crippen LogP) is 3.05. The van der Waals surface area contributed by atoms with Crippen LogP contribution in [0.15, 0.2) is 12.1 Å².